The fourth-order valence-electron chi connectivity index (χ4n) is 3.36. The molecule has 8 heteroatoms. The zero-order valence-corrected chi connectivity index (χ0v) is 19.0. The maximum atomic E-state index is 13.1. The molecule has 4 rings (SSSR count). The number of methoxy groups -OCH3 is 1. The fraction of sp³-hybridized carbons (Fsp3) is 0.160. The molecule has 0 saturated carbocycles. The second-order valence-electron chi connectivity index (χ2n) is 7.33. The number of ether oxygens (including phenoxy) is 1. The summed E-state index contributed by atoms with van der Waals surface area (Å²) in [5.41, 5.74) is 2.57. The van der Waals surface area contributed by atoms with Gasteiger partial charge in [0, 0.05) is 18.7 Å². The second-order valence-corrected chi connectivity index (χ2v) is 8.34. The maximum Gasteiger partial charge on any atom is 0.335 e. The normalized spacial score (nSPS) is 16.2. The molecule has 0 aliphatic carbocycles. The smallest absolute Gasteiger partial charge is 0.335 e. The molecule has 3 aromatic rings. The fourth-order valence-corrected chi connectivity index (χ4v) is 4.37. The summed E-state index contributed by atoms with van der Waals surface area (Å²) in [6, 6.07) is 17.9. The van der Waals surface area contributed by atoms with E-state index in [4.69, 9.17) is 14.3 Å². The summed E-state index contributed by atoms with van der Waals surface area (Å²) in [5, 5.41) is 9.75. The van der Waals surface area contributed by atoms with Crippen molar-refractivity contribution in [3.05, 3.63) is 82.5 Å². The molecular formula is C25H22N2O5S. The van der Waals surface area contributed by atoms with Gasteiger partial charge in [0.2, 0.25) is 0 Å². The molecule has 2 heterocycles. The van der Waals surface area contributed by atoms with E-state index in [1.807, 2.05) is 37.3 Å². The zero-order chi connectivity index (χ0) is 23.4. The van der Waals surface area contributed by atoms with Gasteiger partial charge in [0.25, 0.3) is 5.91 Å². The summed E-state index contributed by atoms with van der Waals surface area (Å²) in [6.07, 6.45) is 1.70. The van der Waals surface area contributed by atoms with Crippen molar-refractivity contribution in [2.45, 2.75) is 6.92 Å². The minimum absolute atomic E-state index is 0.160. The molecule has 0 unspecified atom stereocenters. The Labute approximate surface area is 195 Å². The van der Waals surface area contributed by atoms with Gasteiger partial charge in [-0.3, -0.25) is 9.69 Å². The zero-order valence-electron chi connectivity index (χ0n) is 18.1. The minimum atomic E-state index is -0.975. The Morgan fingerprint density at radius 3 is 2.67 bits per heavy atom. The number of carbonyl (C=O) groups excluding carboxylic acids is 1. The van der Waals surface area contributed by atoms with Gasteiger partial charge in [-0.05, 0) is 60.6 Å². The molecule has 2 aromatic carbocycles. The number of hydrogen-bond donors (Lipinski definition) is 1. The molecular weight excluding hydrogens is 440 g/mol. The molecule has 1 N–H and O–H groups in total. The number of furan rings is 1. The first-order chi connectivity index (χ1) is 16.0. The van der Waals surface area contributed by atoms with Crippen LogP contribution < -0.4 is 0 Å². The standard InChI is InChI=1S/C25H22N2O5S/c1-16-14-17(24(29)30)8-10-20(16)21-11-9-19(32-21)15-22-23(28)27(12-13-31-2)25(33-22)26-18-6-4-3-5-7-18/h3-11,14-15H,12-13H2,1-2H3,(H,29,30)/b22-15+,26-25?. The second kappa shape index (κ2) is 9.89. The Bertz CT molecular complexity index is 1250. The highest BCUT2D eigenvalue weighted by molar-refractivity contribution is 8.18. The summed E-state index contributed by atoms with van der Waals surface area (Å²) in [6.45, 7) is 2.62. The molecule has 1 aliphatic heterocycles. The Hall–Kier alpha value is -3.62. The Morgan fingerprint density at radius 2 is 1.97 bits per heavy atom. The van der Waals surface area contributed by atoms with Gasteiger partial charge in [-0.15, -0.1) is 0 Å². The number of benzene rings is 2. The van der Waals surface area contributed by atoms with Gasteiger partial charge >= 0.3 is 5.97 Å². The predicted molar refractivity (Wildman–Crippen MR) is 129 cm³/mol. The number of thioether (sulfide) groups is 1. The first-order valence-corrected chi connectivity index (χ1v) is 11.1. The molecule has 7 nitrogen and oxygen atoms in total. The van der Waals surface area contributed by atoms with Crippen molar-refractivity contribution in [2.75, 3.05) is 20.3 Å². The summed E-state index contributed by atoms with van der Waals surface area (Å²) in [7, 11) is 1.59. The lowest BCUT2D eigenvalue weighted by molar-refractivity contribution is -0.122. The molecule has 0 atom stereocenters. The third-order valence-electron chi connectivity index (χ3n) is 5.03. The highest BCUT2D eigenvalue weighted by Crippen LogP contribution is 2.35. The van der Waals surface area contributed by atoms with Gasteiger partial charge in [0.05, 0.1) is 29.3 Å². The van der Waals surface area contributed by atoms with Gasteiger partial charge < -0.3 is 14.3 Å². The maximum absolute atomic E-state index is 13.1. The van der Waals surface area contributed by atoms with Gasteiger partial charge in [-0.25, -0.2) is 9.79 Å². The van der Waals surface area contributed by atoms with E-state index in [9.17, 15) is 9.59 Å². The van der Waals surface area contributed by atoms with Crippen molar-refractivity contribution >= 4 is 40.6 Å². The third-order valence-corrected chi connectivity index (χ3v) is 6.03. The number of aliphatic imine (C=N–C) groups is 1. The van der Waals surface area contributed by atoms with Crippen molar-refractivity contribution in [2.24, 2.45) is 4.99 Å². The highest BCUT2D eigenvalue weighted by atomic mass is 32.2. The predicted octanol–water partition coefficient (Wildman–Crippen LogP) is 5.20. The average molecular weight is 463 g/mol. The number of carboxylic acid groups (broad SMARTS) is 1. The number of aryl methyl sites for hydroxylation is 1. The van der Waals surface area contributed by atoms with E-state index in [2.05, 4.69) is 4.99 Å². The average Bonchev–Trinajstić information content (AvgIpc) is 3.38. The molecule has 1 saturated heterocycles. The topological polar surface area (TPSA) is 92.3 Å². The molecule has 0 spiro atoms. The number of amides is 1. The SMILES string of the molecule is COCCN1C(=O)/C(=C\c2ccc(-c3ccc(C(=O)O)cc3C)o2)SC1=Nc1ccccc1. The van der Waals surface area contributed by atoms with E-state index in [1.165, 1.54) is 11.8 Å². The summed E-state index contributed by atoms with van der Waals surface area (Å²) >= 11 is 1.29. The van der Waals surface area contributed by atoms with Gasteiger partial charge in [0.15, 0.2) is 5.17 Å². The van der Waals surface area contributed by atoms with Crippen LogP contribution >= 0.6 is 11.8 Å². The summed E-state index contributed by atoms with van der Waals surface area (Å²) < 4.78 is 11.1. The van der Waals surface area contributed by atoms with Crippen LogP contribution in [-0.4, -0.2) is 47.3 Å². The molecule has 1 amide bonds. The summed E-state index contributed by atoms with van der Waals surface area (Å²) in [4.78, 5) is 31.0. The lowest BCUT2D eigenvalue weighted by Gasteiger charge is -2.14. The lowest BCUT2D eigenvalue weighted by atomic mass is 10.0. The van der Waals surface area contributed by atoms with Crippen LogP contribution in [0.15, 0.2) is 75.0 Å². The molecule has 1 aliphatic rings. The van der Waals surface area contributed by atoms with Gasteiger partial charge in [0.1, 0.15) is 11.5 Å². The van der Waals surface area contributed by atoms with Crippen LogP contribution in [0.25, 0.3) is 17.4 Å². The van der Waals surface area contributed by atoms with E-state index in [1.54, 1.807) is 48.4 Å². The number of carbonyl (C=O) groups is 2. The number of amidine groups is 1. The number of aromatic carboxylic acids is 1. The van der Waals surface area contributed by atoms with E-state index in [0.717, 1.165) is 16.8 Å². The lowest BCUT2D eigenvalue weighted by Crippen LogP contribution is -2.32. The van der Waals surface area contributed by atoms with Crippen molar-refractivity contribution in [3.63, 3.8) is 0 Å². The van der Waals surface area contributed by atoms with Crippen LogP contribution in [0.3, 0.4) is 0 Å². The van der Waals surface area contributed by atoms with Crippen molar-refractivity contribution in [1.29, 1.82) is 0 Å². The number of rotatable bonds is 7. The summed E-state index contributed by atoms with van der Waals surface area (Å²) in [5.74, 6) is -0.0136. The minimum Gasteiger partial charge on any atom is -0.478 e. The first-order valence-electron chi connectivity index (χ1n) is 10.2. The quantitative estimate of drug-likeness (QED) is 0.485. The van der Waals surface area contributed by atoms with E-state index in [0.29, 0.717) is 34.7 Å². The molecule has 0 bridgehead atoms. The first kappa shape index (κ1) is 22.6. The van der Waals surface area contributed by atoms with Gasteiger partial charge in [-0.2, -0.15) is 0 Å². The molecule has 1 aromatic heterocycles. The number of hydrogen-bond acceptors (Lipinski definition) is 6. The Kier molecular flexibility index (Phi) is 6.76. The van der Waals surface area contributed by atoms with E-state index < -0.39 is 5.97 Å². The van der Waals surface area contributed by atoms with E-state index >= 15 is 0 Å². The molecule has 33 heavy (non-hydrogen) atoms. The van der Waals surface area contributed by atoms with Crippen LogP contribution in [0.5, 0.6) is 0 Å². The number of carboxylic acids is 1. The van der Waals surface area contributed by atoms with Crippen LogP contribution in [0, 0.1) is 6.92 Å². The van der Waals surface area contributed by atoms with Crippen LogP contribution in [0.2, 0.25) is 0 Å². The van der Waals surface area contributed by atoms with Crippen LogP contribution in [0.1, 0.15) is 21.7 Å². The molecule has 0 radical (unpaired) electrons. The molecule has 1 fully saturated rings. The Morgan fingerprint density at radius 1 is 1.18 bits per heavy atom. The van der Waals surface area contributed by atoms with Crippen LogP contribution in [0.4, 0.5) is 5.69 Å². The van der Waals surface area contributed by atoms with E-state index in [-0.39, 0.29) is 11.5 Å². The van der Waals surface area contributed by atoms with Crippen LogP contribution in [-0.2, 0) is 9.53 Å². The van der Waals surface area contributed by atoms with Gasteiger partial charge in [-0.1, -0.05) is 24.3 Å². The molecule has 168 valence electrons. The number of nitrogens with zero attached hydrogens (tertiary/aromatic N) is 2. The van der Waals surface area contributed by atoms with Crippen molar-refractivity contribution in [3.8, 4) is 11.3 Å². The van der Waals surface area contributed by atoms with Crippen molar-refractivity contribution < 1.29 is 23.8 Å². The number of para-hydroxylation sites is 1. The highest BCUT2D eigenvalue weighted by Gasteiger charge is 2.33. The third kappa shape index (κ3) is 5.08. The Balaban J connectivity index is 1.61. The monoisotopic (exact) mass is 462 g/mol. The van der Waals surface area contributed by atoms with Crippen molar-refractivity contribution in [1.82, 2.24) is 4.90 Å². The largest absolute Gasteiger partial charge is 0.478 e.